The Bertz CT molecular complexity index is 1100. The minimum Gasteiger partial charge on any atom is -0.477 e. The molecule has 0 saturated carbocycles. The fourth-order valence-corrected chi connectivity index (χ4v) is 4.22. The molecule has 1 aliphatic heterocycles. The Morgan fingerprint density at radius 3 is 2.79 bits per heavy atom. The predicted octanol–water partition coefficient (Wildman–Crippen LogP) is 1.02. The lowest BCUT2D eigenvalue weighted by molar-refractivity contribution is 0.0697. The van der Waals surface area contributed by atoms with Crippen LogP contribution >= 0.6 is 11.3 Å². The number of rotatable bonds is 2. The van der Waals surface area contributed by atoms with Crippen LogP contribution in [0, 0.1) is 5.82 Å². The van der Waals surface area contributed by atoms with Gasteiger partial charge in [0, 0.05) is 19.1 Å². The van der Waals surface area contributed by atoms with Gasteiger partial charge in [-0.3, -0.25) is 9.20 Å². The van der Waals surface area contributed by atoms with Gasteiger partial charge in [-0.25, -0.2) is 9.18 Å². The number of halogens is 1. The first kappa shape index (κ1) is 15.1. The highest BCUT2D eigenvalue weighted by atomic mass is 32.1. The van der Waals surface area contributed by atoms with Crippen LogP contribution in [0.15, 0.2) is 16.9 Å². The molecule has 1 aromatic carbocycles. The van der Waals surface area contributed by atoms with E-state index in [1.807, 2.05) is 4.90 Å². The number of carboxylic acids is 1. The zero-order valence-corrected chi connectivity index (χ0v) is 13.4. The van der Waals surface area contributed by atoms with Crippen molar-refractivity contribution in [2.75, 3.05) is 18.0 Å². The summed E-state index contributed by atoms with van der Waals surface area (Å²) in [6, 6.07) is 2.70. The lowest BCUT2D eigenvalue weighted by Gasteiger charge is -2.21. The third-order valence-electron chi connectivity index (χ3n) is 4.44. The summed E-state index contributed by atoms with van der Waals surface area (Å²) in [5.41, 5.74) is 5.72. The largest absolute Gasteiger partial charge is 0.477 e. The second kappa shape index (κ2) is 5.02. The van der Waals surface area contributed by atoms with Gasteiger partial charge in [0.05, 0.1) is 21.3 Å². The van der Waals surface area contributed by atoms with Gasteiger partial charge in [-0.05, 0) is 18.6 Å². The average molecular weight is 347 g/mol. The van der Waals surface area contributed by atoms with Gasteiger partial charge >= 0.3 is 5.97 Å². The maximum atomic E-state index is 14.6. The van der Waals surface area contributed by atoms with Crippen molar-refractivity contribution in [2.45, 2.75) is 12.5 Å². The first-order valence-electron chi connectivity index (χ1n) is 7.41. The number of hydrogen-bond donors (Lipinski definition) is 2. The highest BCUT2D eigenvalue weighted by Gasteiger charge is 2.26. The average Bonchev–Trinajstić information content (AvgIpc) is 2.93. The van der Waals surface area contributed by atoms with E-state index >= 15 is 0 Å². The summed E-state index contributed by atoms with van der Waals surface area (Å²) in [5, 5.41) is 9.35. The van der Waals surface area contributed by atoms with Gasteiger partial charge in [-0.1, -0.05) is 17.9 Å². The van der Waals surface area contributed by atoms with E-state index in [-0.39, 0.29) is 17.0 Å². The van der Waals surface area contributed by atoms with Crippen molar-refractivity contribution in [3.8, 4) is 0 Å². The summed E-state index contributed by atoms with van der Waals surface area (Å²) in [7, 11) is 0. The number of pyridine rings is 1. The summed E-state index contributed by atoms with van der Waals surface area (Å²) < 4.78 is 16.8. The van der Waals surface area contributed by atoms with E-state index in [4.69, 9.17) is 5.73 Å². The van der Waals surface area contributed by atoms with Crippen LogP contribution in [0.1, 0.15) is 16.8 Å². The van der Waals surface area contributed by atoms with Gasteiger partial charge in [0.2, 0.25) is 5.43 Å². The molecule has 0 spiro atoms. The molecule has 1 saturated heterocycles. The first-order chi connectivity index (χ1) is 11.4. The van der Waals surface area contributed by atoms with Gasteiger partial charge in [0.15, 0.2) is 0 Å². The fourth-order valence-electron chi connectivity index (χ4n) is 3.27. The van der Waals surface area contributed by atoms with Crippen molar-refractivity contribution in [3.05, 3.63) is 38.4 Å². The van der Waals surface area contributed by atoms with E-state index in [1.54, 1.807) is 10.5 Å². The number of anilines is 1. The van der Waals surface area contributed by atoms with Crippen LogP contribution in [0.3, 0.4) is 0 Å². The molecule has 3 heterocycles. The third-order valence-corrected chi connectivity index (χ3v) is 5.44. The Kier molecular flexibility index (Phi) is 3.16. The van der Waals surface area contributed by atoms with Crippen LogP contribution in [-0.2, 0) is 0 Å². The Labute approximate surface area is 139 Å². The highest BCUT2D eigenvalue weighted by molar-refractivity contribution is 7.17. The molecule has 8 heteroatoms. The normalized spacial score (nSPS) is 18.1. The third kappa shape index (κ3) is 1.96. The van der Waals surface area contributed by atoms with Gasteiger partial charge in [0.1, 0.15) is 16.2 Å². The standard InChI is InChI=1S/C16H14FN3O3S/c1-7-20-11-5-12(19-3-2-8(18)6-19)10(17)4-9(11)14(21)13(16(22)23)15(20)24-7/h4-5,8H,1-3,6,18H2,(H,22,23)/t8-/m0/s1. The van der Waals surface area contributed by atoms with E-state index in [2.05, 4.69) is 6.58 Å². The molecular formula is C16H14FN3O3S. The zero-order chi connectivity index (χ0) is 17.2. The lowest BCUT2D eigenvalue weighted by Crippen LogP contribution is -2.28. The van der Waals surface area contributed by atoms with Gasteiger partial charge in [-0.15, -0.1) is 0 Å². The summed E-state index contributed by atoms with van der Waals surface area (Å²) >= 11 is 1.14. The van der Waals surface area contributed by atoms with Gasteiger partial charge < -0.3 is 15.7 Å². The van der Waals surface area contributed by atoms with Crippen LogP contribution in [0.2, 0.25) is 0 Å². The van der Waals surface area contributed by atoms with Crippen molar-refractivity contribution < 1.29 is 14.3 Å². The van der Waals surface area contributed by atoms with E-state index in [0.29, 0.717) is 33.8 Å². The lowest BCUT2D eigenvalue weighted by atomic mass is 10.1. The monoisotopic (exact) mass is 347 g/mol. The quantitative estimate of drug-likeness (QED) is 0.723. The zero-order valence-electron chi connectivity index (χ0n) is 12.6. The van der Waals surface area contributed by atoms with Gasteiger partial charge in [-0.2, -0.15) is 0 Å². The Morgan fingerprint density at radius 2 is 2.21 bits per heavy atom. The Morgan fingerprint density at radius 1 is 1.46 bits per heavy atom. The summed E-state index contributed by atoms with van der Waals surface area (Å²) in [6.07, 6.45) is 0.774. The molecule has 0 unspecified atom stereocenters. The van der Waals surface area contributed by atoms with Crippen molar-refractivity contribution in [2.24, 2.45) is 5.73 Å². The predicted molar refractivity (Wildman–Crippen MR) is 91.5 cm³/mol. The number of hydrogen-bond acceptors (Lipinski definition) is 5. The molecule has 0 bridgehead atoms. The molecule has 6 nitrogen and oxygen atoms in total. The molecule has 1 aliphatic rings. The van der Waals surface area contributed by atoms with Crippen LogP contribution in [-0.4, -0.2) is 34.6 Å². The highest BCUT2D eigenvalue weighted by Crippen LogP contribution is 2.29. The number of nitrogens with zero attached hydrogens (tertiary/aromatic N) is 2. The molecule has 3 aromatic rings. The smallest absolute Gasteiger partial charge is 0.342 e. The molecule has 0 amide bonds. The second-order valence-electron chi connectivity index (χ2n) is 5.96. The molecule has 4 rings (SSSR count). The van der Waals surface area contributed by atoms with E-state index in [9.17, 15) is 19.1 Å². The maximum Gasteiger partial charge on any atom is 0.342 e. The summed E-state index contributed by atoms with van der Waals surface area (Å²) in [6.45, 7) is 5.03. The van der Waals surface area contributed by atoms with E-state index in [1.165, 1.54) is 0 Å². The number of aromatic nitrogens is 1. The Balaban J connectivity index is 2.06. The number of benzene rings is 1. The topological polar surface area (TPSA) is 88.0 Å². The SMILES string of the molecule is C=c1sc2c(C(=O)O)c(=O)c3cc(F)c(N4CC[C@H](N)C4)cc3n12. The van der Waals surface area contributed by atoms with Crippen molar-refractivity contribution in [3.63, 3.8) is 0 Å². The van der Waals surface area contributed by atoms with E-state index in [0.717, 1.165) is 23.8 Å². The van der Waals surface area contributed by atoms with Crippen molar-refractivity contribution >= 4 is 45.3 Å². The van der Waals surface area contributed by atoms with Gasteiger partial charge in [0.25, 0.3) is 0 Å². The van der Waals surface area contributed by atoms with Crippen molar-refractivity contribution in [1.29, 1.82) is 0 Å². The molecule has 1 fully saturated rings. The van der Waals surface area contributed by atoms with Crippen molar-refractivity contribution in [1.82, 2.24) is 4.40 Å². The molecule has 2 aromatic heterocycles. The molecule has 3 N–H and O–H groups in total. The molecule has 124 valence electrons. The fraction of sp³-hybridized carbons (Fsp3) is 0.250. The Hall–Kier alpha value is -2.45. The maximum absolute atomic E-state index is 14.6. The second-order valence-corrected chi connectivity index (χ2v) is 7.02. The molecule has 24 heavy (non-hydrogen) atoms. The number of nitrogens with two attached hydrogens (primary N) is 1. The molecule has 0 radical (unpaired) electrons. The molecule has 0 aliphatic carbocycles. The molecular weight excluding hydrogens is 333 g/mol. The van der Waals surface area contributed by atoms with Crippen LogP contribution in [0.4, 0.5) is 10.1 Å². The molecule has 1 atom stereocenters. The minimum absolute atomic E-state index is 0.00864. The summed E-state index contributed by atoms with van der Waals surface area (Å²) in [5.74, 6) is -1.87. The number of fused-ring (bicyclic) bond motifs is 3. The number of carboxylic acid groups (broad SMARTS) is 1. The number of carbonyl (C=O) groups is 1. The van der Waals surface area contributed by atoms with Crippen LogP contribution in [0.5, 0.6) is 0 Å². The number of aromatic carboxylic acids is 1. The van der Waals surface area contributed by atoms with Crippen LogP contribution in [0.25, 0.3) is 22.3 Å². The van der Waals surface area contributed by atoms with Crippen LogP contribution < -0.4 is 20.7 Å². The minimum atomic E-state index is -1.32. The summed E-state index contributed by atoms with van der Waals surface area (Å²) in [4.78, 5) is 26.1. The first-order valence-corrected chi connectivity index (χ1v) is 8.23. The van der Waals surface area contributed by atoms with E-state index < -0.39 is 17.2 Å².